The molecule has 0 aliphatic heterocycles. The van der Waals surface area contributed by atoms with Crippen molar-refractivity contribution in [3.05, 3.63) is 68.6 Å². The van der Waals surface area contributed by atoms with Crippen molar-refractivity contribution in [2.24, 2.45) is 0 Å². The molecule has 3 aromatic rings. The van der Waals surface area contributed by atoms with Crippen LogP contribution in [0.4, 0.5) is 0 Å². The summed E-state index contributed by atoms with van der Waals surface area (Å²) in [5.74, 6) is -0.453. The van der Waals surface area contributed by atoms with Gasteiger partial charge in [0.05, 0.1) is 21.3 Å². The van der Waals surface area contributed by atoms with Gasteiger partial charge >= 0.3 is 5.76 Å². The molecule has 0 N–H and O–H groups in total. The Balaban J connectivity index is 2.20. The zero-order valence-corrected chi connectivity index (χ0v) is 12.5. The summed E-state index contributed by atoms with van der Waals surface area (Å²) in [6, 6.07) is 12.4. The number of aromatic nitrogens is 2. The van der Waals surface area contributed by atoms with Gasteiger partial charge in [-0.05, 0) is 30.7 Å². The minimum Gasteiger partial charge on any atom is -0.387 e. The van der Waals surface area contributed by atoms with E-state index in [9.17, 15) is 4.79 Å². The Bertz CT molecular complexity index is 848. The highest BCUT2D eigenvalue weighted by Crippen LogP contribution is 2.27. The zero-order chi connectivity index (χ0) is 15.0. The first-order valence-electron chi connectivity index (χ1n) is 6.18. The molecule has 0 bridgehead atoms. The predicted molar refractivity (Wildman–Crippen MR) is 82.3 cm³/mol. The lowest BCUT2D eigenvalue weighted by atomic mass is 10.2. The van der Waals surface area contributed by atoms with Gasteiger partial charge in [0.25, 0.3) is 5.89 Å². The summed E-state index contributed by atoms with van der Waals surface area (Å²) in [5.41, 5.74) is 1.88. The van der Waals surface area contributed by atoms with Crippen LogP contribution in [0, 0.1) is 6.92 Å². The molecule has 0 aliphatic carbocycles. The minimum atomic E-state index is -0.610. The third kappa shape index (κ3) is 2.48. The number of hydrogen-bond donors (Lipinski definition) is 0. The molecule has 0 saturated carbocycles. The van der Waals surface area contributed by atoms with E-state index in [4.69, 9.17) is 27.6 Å². The van der Waals surface area contributed by atoms with Crippen LogP contribution in [0.1, 0.15) is 5.56 Å². The third-order valence-electron chi connectivity index (χ3n) is 3.05. The molecule has 0 saturated heterocycles. The minimum absolute atomic E-state index is 0.157. The van der Waals surface area contributed by atoms with Crippen LogP contribution in [0.15, 0.2) is 51.7 Å². The number of halogens is 2. The highest BCUT2D eigenvalue weighted by atomic mass is 35.5. The summed E-state index contributed by atoms with van der Waals surface area (Å²) in [7, 11) is 0. The van der Waals surface area contributed by atoms with E-state index in [0.717, 1.165) is 10.2 Å². The maximum atomic E-state index is 12.1. The van der Waals surface area contributed by atoms with E-state index in [-0.39, 0.29) is 5.89 Å². The first-order valence-corrected chi connectivity index (χ1v) is 6.94. The van der Waals surface area contributed by atoms with Crippen LogP contribution in [0.25, 0.3) is 17.1 Å². The van der Waals surface area contributed by atoms with E-state index in [1.165, 1.54) is 0 Å². The number of benzene rings is 2. The lowest BCUT2D eigenvalue weighted by Crippen LogP contribution is -2.15. The van der Waals surface area contributed by atoms with E-state index >= 15 is 0 Å². The second-order valence-electron chi connectivity index (χ2n) is 4.47. The number of hydrogen-bond acceptors (Lipinski definition) is 3. The molecule has 0 spiro atoms. The lowest BCUT2D eigenvalue weighted by molar-refractivity contribution is 0.516. The number of para-hydroxylation sites is 1. The van der Waals surface area contributed by atoms with Crippen LogP contribution in [0.2, 0.25) is 10.0 Å². The lowest BCUT2D eigenvalue weighted by Gasteiger charge is -2.05. The van der Waals surface area contributed by atoms with Crippen molar-refractivity contribution in [3.63, 3.8) is 0 Å². The van der Waals surface area contributed by atoms with Crippen LogP contribution in [0.3, 0.4) is 0 Å². The van der Waals surface area contributed by atoms with Crippen molar-refractivity contribution in [3.8, 4) is 17.1 Å². The van der Waals surface area contributed by atoms with Gasteiger partial charge in [-0.15, -0.1) is 5.10 Å². The molecule has 106 valence electrons. The first kappa shape index (κ1) is 13.9. The van der Waals surface area contributed by atoms with Gasteiger partial charge < -0.3 is 4.42 Å². The van der Waals surface area contributed by atoms with Crippen molar-refractivity contribution in [1.29, 1.82) is 0 Å². The van der Waals surface area contributed by atoms with Crippen molar-refractivity contribution in [1.82, 2.24) is 9.78 Å². The van der Waals surface area contributed by atoms with Crippen molar-refractivity contribution >= 4 is 23.2 Å². The van der Waals surface area contributed by atoms with E-state index < -0.39 is 5.76 Å². The largest absolute Gasteiger partial charge is 0.442 e. The number of aryl methyl sites for hydroxylation is 1. The molecule has 0 unspecified atom stereocenters. The second kappa shape index (κ2) is 5.39. The molecule has 0 radical (unpaired) electrons. The SMILES string of the molecule is Cc1cccc(Cl)c1-n1nc(-c2ccccc2Cl)oc1=O. The van der Waals surface area contributed by atoms with Gasteiger partial charge in [0.2, 0.25) is 0 Å². The smallest absolute Gasteiger partial charge is 0.387 e. The maximum Gasteiger partial charge on any atom is 0.442 e. The number of rotatable bonds is 2. The molecular weight excluding hydrogens is 311 g/mol. The molecule has 21 heavy (non-hydrogen) atoms. The van der Waals surface area contributed by atoms with Crippen LogP contribution in [-0.2, 0) is 0 Å². The van der Waals surface area contributed by atoms with E-state index in [2.05, 4.69) is 5.10 Å². The van der Waals surface area contributed by atoms with E-state index in [1.807, 2.05) is 13.0 Å². The zero-order valence-electron chi connectivity index (χ0n) is 11.0. The Labute approximate surface area is 130 Å². The molecule has 0 atom stereocenters. The van der Waals surface area contributed by atoms with Gasteiger partial charge in [-0.1, -0.05) is 47.5 Å². The summed E-state index contributed by atoms with van der Waals surface area (Å²) >= 11 is 12.2. The Hall–Kier alpha value is -2.04. The highest BCUT2D eigenvalue weighted by Gasteiger charge is 2.17. The topological polar surface area (TPSA) is 48.0 Å². The number of nitrogens with zero attached hydrogens (tertiary/aromatic N) is 2. The van der Waals surface area contributed by atoms with Gasteiger partial charge in [-0.3, -0.25) is 0 Å². The van der Waals surface area contributed by atoms with Gasteiger partial charge in [-0.2, -0.15) is 4.68 Å². The van der Waals surface area contributed by atoms with E-state index in [0.29, 0.717) is 21.3 Å². The molecule has 2 aromatic carbocycles. The fraction of sp³-hybridized carbons (Fsp3) is 0.0667. The molecule has 0 amide bonds. The quantitative estimate of drug-likeness (QED) is 0.714. The molecule has 6 heteroatoms. The average molecular weight is 321 g/mol. The summed E-state index contributed by atoms with van der Waals surface area (Å²) in [6.45, 7) is 1.84. The molecule has 4 nitrogen and oxygen atoms in total. The van der Waals surface area contributed by atoms with Crippen LogP contribution in [-0.4, -0.2) is 9.78 Å². The monoisotopic (exact) mass is 320 g/mol. The van der Waals surface area contributed by atoms with Crippen molar-refractivity contribution < 1.29 is 4.42 Å². The van der Waals surface area contributed by atoms with Gasteiger partial charge in [0.1, 0.15) is 0 Å². The van der Waals surface area contributed by atoms with E-state index in [1.54, 1.807) is 36.4 Å². The Morgan fingerprint density at radius 2 is 1.76 bits per heavy atom. The molecule has 1 heterocycles. The second-order valence-corrected chi connectivity index (χ2v) is 5.28. The molecule has 0 aliphatic rings. The fourth-order valence-electron chi connectivity index (χ4n) is 2.05. The Kier molecular flexibility index (Phi) is 3.57. The summed E-state index contributed by atoms with van der Waals surface area (Å²) in [6.07, 6.45) is 0. The third-order valence-corrected chi connectivity index (χ3v) is 3.69. The summed E-state index contributed by atoms with van der Waals surface area (Å²) in [5, 5.41) is 5.09. The van der Waals surface area contributed by atoms with Crippen LogP contribution < -0.4 is 5.76 Å². The van der Waals surface area contributed by atoms with Crippen molar-refractivity contribution in [2.45, 2.75) is 6.92 Å². The predicted octanol–water partition coefficient (Wildman–Crippen LogP) is 4.11. The average Bonchev–Trinajstić information content (AvgIpc) is 2.81. The highest BCUT2D eigenvalue weighted by molar-refractivity contribution is 6.33. The van der Waals surface area contributed by atoms with Gasteiger partial charge in [-0.25, -0.2) is 4.79 Å². The van der Waals surface area contributed by atoms with Crippen LogP contribution in [0.5, 0.6) is 0 Å². The van der Waals surface area contributed by atoms with Crippen molar-refractivity contribution in [2.75, 3.05) is 0 Å². The standard InChI is InChI=1S/C15H10Cl2N2O2/c1-9-5-4-8-12(17)13(9)19-15(20)21-14(18-19)10-6-2-3-7-11(10)16/h2-8H,1H3. The molecule has 1 aromatic heterocycles. The fourth-order valence-corrected chi connectivity index (χ4v) is 2.57. The Morgan fingerprint density at radius 1 is 1.05 bits per heavy atom. The molecule has 3 rings (SSSR count). The summed E-state index contributed by atoms with van der Waals surface area (Å²) < 4.78 is 6.35. The maximum absolute atomic E-state index is 12.1. The summed E-state index contributed by atoms with van der Waals surface area (Å²) in [4.78, 5) is 12.1. The van der Waals surface area contributed by atoms with Gasteiger partial charge in [0, 0.05) is 0 Å². The Morgan fingerprint density at radius 3 is 2.48 bits per heavy atom. The normalized spacial score (nSPS) is 10.8. The van der Waals surface area contributed by atoms with Crippen LogP contribution >= 0.6 is 23.2 Å². The molecule has 0 fully saturated rings. The molecular formula is C15H10Cl2N2O2. The van der Waals surface area contributed by atoms with Gasteiger partial charge in [0.15, 0.2) is 0 Å². The first-order chi connectivity index (χ1) is 10.1.